The maximum atomic E-state index is 5.57. The smallest absolute Gasteiger partial charge is 0.173 e. The highest BCUT2D eigenvalue weighted by Gasteiger charge is 2.22. The summed E-state index contributed by atoms with van der Waals surface area (Å²) in [7, 11) is 3.25. The van der Waals surface area contributed by atoms with Gasteiger partial charge in [-0.25, -0.2) is 9.97 Å². The van der Waals surface area contributed by atoms with Crippen LogP contribution in [0.1, 0.15) is 0 Å². The molecule has 1 aromatic carbocycles. The number of benzene rings is 1. The highest BCUT2D eigenvalue weighted by molar-refractivity contribution is 7.80. The van der Waals surface area contributed by atoms with E-state index < -0.39 is 0 Å². The molecule has 0 bridgehead atoms. The van der Waals surface area contributed by atoms with Crippen molar-refractivity contribution in [1.82, 2.24) is 19.9 Å². The summed E-state index contributed by atoms with van der Waals surface area (Å²) >= 11 is 5.57. The first-order chi connectivity index (χ1) is 14.2. The molecule has 29 heavy (non-hydrogen) atoms. The summed E-state index contributed by atoms with van der Waals surface area (Å²) in [6.45, 7) is 3.21. The fourth-order valence-electron chi connectivity index (χ4n) is 3.38. The molecule has 8 nitrogen and oxygen atoms in total. The third kappa shape index (κ3) is 4.00. The van der Waals surface area contributed by atoms with Crippen molar-refractivity contribution >= 4 is 39.7 Å². The molecule has 0 atom stereocenters. The van der Waals surface area contributed by atoms with Gasteiger partial charge in [0.1, 0.15) is 12.1 Å². The zero-order valence-electron chi connectivity index (χ0n) is 16.3. The van der Waals surface area contributed by atoms with Crippen LogP contribution in [0.3, 0.4) is 0 Å². The van der Waals surface area contributed by atoms with Crippen molar-refractivity contribution in [1.29, 1.82) is 0 Å². The lowest BCUT2D eigenvalue weighted by Crippen LogP contribution is -2.50. The van der Waals surface area contributed by atoms with Gasteiger partial charge in [-0.15, -0.1) is 0 Å². The van der Waals surface area contributed by atoms with E-state index in [9.17, 15) is 0 Å². The molecule has 4 rings (SSSR count). The van der Waals surface area contributed by atoms with Crippen LogP contribution in [-0.4, -0.2) is 65.4 Å². The Morgan fingerprint density at radius 1 is 1.00 bits per heavy atom. The van der Waals surface area contributed by atoms with Gasteiger partial charge in [0.25, 0.3) is 0 Å². The van der Waals surface area contributed by atoms with Crippen molar-refractivity contribution < 1.29 is 9.47 Å². The number of hydrogen-bond donors (Lipinski definition) is 1. The molecule has 1 saturated heterocycles. The van der Waals surface area contributed by atoms with Crippen molar-refractivity contribution in [2.75, 3.05) is 50.6 Å². The number of fused-ring (bicyclic) bond motifs is 1. The molecule has 150 valence electrons. The number of aromatic nitrogens is 3. The Balaban J connectivity index is 1.49. The minimum Gasteiger partial charge on any atom is -0.493 e. The van der Waals surface area contributed by atoms with Crippen molar-refractivity contribution in [3.63, 3.8) is 0 Å². The SMILES string of the molecule is COc1cc2ncnc(N3CCN(C(=S)Nc4ccncc4)CC3)c2cc1OC. The molecule has 0 amide bonds. The van der Waals surface area contributed by atoms with E-state index in [0.29, 0.717) is 11.5 Å². The summed E-state index contributed by atoms with van der Waals surface area (Å²) < 4.78 is 10.8. The topological polar surface area (TPSA) is 75.6 Å². The maximum absolute atomic E-state index is 5.57. The van der Waals surface area contributed by atoms with E-state index in [4.69, 9.17) is 21.7 Å². The largest absolute Gasteiger partial charge is 0.493 e. The van der Waals surface area contributed by atoms with Crippen molar-refractivity contribution in [2.45, 2.75) is 0 Å². The number of pyridine rings is 1. The molecular formula is C20H22N6O2S. The van der Waals surface area contributed by atoms with Crippen LogP contribution in [0.25, 0.3) is 10.9 Å². The van der Waals surface area contributed by atoms with Gasteiger partial charge in [0.05, 0.1) is 19.7 Å². The third-order valence-electron chi connectivity index (χ3n) is 4.92. The molecule has 1 aliphatic heterocycles. The Kier molecular flexibility index (Phi) is 5.57. The van der Waals surface area contributed by atoms with Crippen LogP contribution in [0.2, 0.25) is 0 Å². The number of ether oxygens (including phenoxy) is 2. The summed E-state index contributed by atoms with van der Waals surface area (Å²) in [5.74, 6) is 2.21. The van der Waals surface area contributed by atoms with Crippen LogP contribution < -0.4 is 19.7 Å². The summed E-state index contributed by atoms with van der Waals surface area (Å²) in [5.41, 5.74) is 1.76. The fourth-order valence-corrected chi connectivity index (χ4v) is 3.68. The minimum atomic E-state index is 0.655. The van der Waals surface area contributed by atoms with Gasteiger partial charge >= 0.3 is 0 Å². The fraction of sp³-hybridized carbons (Fsp3) is 0.300. The molecule has 2 aromatic heterocycles. The van der Waals surface area contributed by atoms with Crippen LogP contribution >= 0.6 is 12.2 Å². The maximum Gasteiger partial charge on any atom is 0.173 e. The molecule has 9 heteroatoms. The van der Waals surface area contributed by atoms with Crippen molar-refractivity contribution in [2.24, 2.45) is 0 Å². The van der Waals surface area contributed by atoms with Gasteiger partial charge in [-0.3, -0.25) is 4.98 Å². The first-order valence-electron chi connectivity index (χ1n) is 9.27. The summed E-state index contributed by atoms with van der Waals surface area (Å²) in [4.78, 5) is 17.4. The van der Waals surface area contributed by atoms with Crippen LogP contribution in [0.4, 0.5) is 11.5 Å². The highest BCUT2D eigenvalue weighted by atomic mass is 32.1. The van der Waals surface area contributed by atoms with E-state index in [1.807, 2.05) is 24.3 Å². The second-order valence-corrected chi connectivity index (χ2v) is 6.95. The van der Waals surface area contributed by atoms with Crippen LogP contribution in [0.15, 0.2) is 43.0 Å². The average Bonchev–Trinajstić information content (AvgIpc) is 2.78. The first kappa shape index (κ1) is 19.1. The number of hydrogen-bond acceptors (Lipinski definition) is 7. The number of methoxy groups -OCH3 is 2. The molecule has 0 unspecified atom stereocenters. The lowest BCUT2D eigenvalue weighted by Gasteiger charge is -2.37. The molecule has 1 fully saturated rings. The van der Waals surface area contributed by atoms with E-state index in [1.165, 1.54) is 0 Å². The Hall–Kier alpha value is -3.20. The Bertz CT molecular complexity index is 1010. The van der Waals surface area contributed by atoms with Gasteiger partial charge in [0.2, 0.25) is 0 Å². The predicted octanol–water partition coefficient (Wildman–Crippen LogP) is 2.56. The normalized spacial score (nSPS) is 14.0. The molecule has 0 spiro atoms. The van der Waals surface area contributed by atoms with E-state index in [2.05, 4.69) is 30.1 Å². The van der Waals surface area contributed by atoms with Gasteiger partial charge < -0.3 is 24.6 Å². The summed E-state index contributed by atoms with van der Waals surface area (Å²) in [5, 5.41) is 4.92. The van der Waals surface area contributed by atoms with Crippen molar-refractivity contribution in [3.8, 4) is 11.5 Å². The first-order valence-corrected chi connectivity index (χ1v) is 9.68. The predicted molar refractivity (Wildman–Crippen MR) is 117 cm³/mol. The molecule has 1 N–H and O–H groups in total. The van der Waals surface area contributed by atoms with Gasteiger partial charge in [0.15, 0.2) is 16.6 Å². The zero-order chi connectivity index (χ0) is 20.2. The number of rotatable bonds is 4. The number of nitrogens with zero attached hydrogens (tertiary/aromatic N) is 5. The monoisotopic (exact) mass is 410 g/mol. The van der Waals surface area contributed by atoms with E-state index in [0.717, 1.165) is 53.7 Å². The zero-order valence-corrected chi connectivity index (χ0v) is 17.1. The number of thiocarbonyl (C=S) groups is 1. The van der Waals surface area contributed by atoms with Gasteiger partial charge in [-0.2, -0.15) is 0 Å². The quantitative estimate of drug-likeness (QED) is 0.653. The standard InChI is InChI=1S/C20H22N6O2S/c1-27-17-11-15-16(12-18(17)28-2)22-13-23-19(15)25-7-9-26(10-8-25)20(29)24-14-3-5-21-6-4-14/h3-6,11-13H,7-10H2,1-2H3,(H,21,24,29). The summed E-state index contributed by atoms with van der Waals surface area (Å²) in [6.07, 6.45) is 5.07. The van der Waals surface area contributed by atoms with E-state index in [-0.39, 0.29) is 0 Å². The molecule has 0 aliphatic carbocycles. The highest BCUT2D eigenvalue weighted by Crippen LogP contribution is 2.34. The van der Waals surface area contributed by atoms with Gasteiger partial charge in [-0.05, 0) is 30.4 Å². The van der Waals surface area contributed by atoms with Crippen molar-refractivity contribution in [3.05, 3.63) is 43.0 Å². The van der Waals surface area contributed by atoms with Gasteiger partial charge in [0, 0.05) is 55.7 Å². The Morgan fingerprint density at radius 3 is 2.38 bits per heavy atom. The Morgan fingerprint density at radius 2 is 1.69 bits per heavy atom. The number of anilines is 2. The molecule has 3 heterocycles. The molecule has 1 aliphatic rings. The van der Waals surface area contributed by atoms with E-state index >= 15 is 0 Å². The van der Waals surface area contributed by atoms with E-state index in [1.54, 1.807) is 32.9 Å². The molecule has 0 saturated carbocycles. The third-order valence-corrected chi connectivity index (χ3v) is 5.28. The summed E-state index contributed by atoms with van der Waals surface area (Å²) in [6, 6.07) is 7.61. The lowest BCUT2D eigenvalue weighted by atomic mass is 10.2. The number of piperazine rings is 1. The minimum absolute atomic E-state index is 0.655. The molecular weight excluding hydrogens is 388 g/mol. The second-order valence-electron chi connectivity index (χ2n) is 6.56. The van der Waals surface area contributed by atoms with Crippen LogP contribution in [0.5, 0.6) is 11.5 Å². The molecule has 0 radical (unpaired) electrons. The second kappa shape index (κ2) is 8.44. The average molecular weight is 411 g/mol. The van der Waals surface area contributed by atoms with Gasteiger partial charge in [-0.1, -0.05) is 0 Å². The van der Waals surface area contributed by atoms with Crippen LogP contribution in [-0.2, 0) is 0 Å². The van der Waals surface area contributed by atoms with Crippen LogP contribution in [0, 0.1) is 0 Å². The lowest BCUT2D eigenvalue weighted by molar-refractivity contribution is 0.355. The molecule has 3 aromatic rings. The Labute approximate surface area is 174 Å². The number of nitrogens with one attached hydrogen (secondary N) is 1.